The summed E-state index contributed by atoms with van der Waals surface area (Å²) >= 11 is 0. The van der Waals surface area contributed by atoms with Gasteiger partial charge in [0, 0.05) is 50.4 Å². The van der Waals surface area contributed by atoms with Crippen molar-refractivity contribution in [2.45, 2.75) is 26.2 Å². The van der Waals surface area contributed by atoms with E-state index in [4.69, 9.17) is 4.98 Å². The van der Waals surface area contributed by atoms with Crippen molar-refractivity contribution in [3.05, 3.63) is 53.4 Å². The van der Waals surface area contributed by atoms with Crippen molar-refractivity contribution in [1.29, 1.82) is 0 Å². The van der Waals surface area contributed by atoms with Crippen LogP contribution in [0.4, 0.5) is 11.4 Å². The molecule has 2 N–H and O–H groups in total. The number of anilines is 2. The Morgan fingerprint density at radius 1 is 1.18 bits per heavy atom. The number of fused-ring (bicyclic) bond motifs is 1. The van der Waals surface area contributed by atoms with Crippen LogP contribution in [0.15, 0.2) is 37.3 Å². The maximum atomic E-state index is 4.81. The maximum Gasteiger partial charge on any atom is 0.180 e. The molecule has 0 saturated carbocycles. The molecule has 0 unspecified atom stereocenters. The number of hydrogen-bond donors (Lipinski definition) is 2. The number of nitrogens with one attached hydrogen (secondary N) is 2. The molecule has 4 aromatic rings. The molecule has 1 aliphatic rings. The fourth-order valence-electron chi connectivity index (χ4n) is 4.42. The van der Waals surface area contributed by atoms with Gasteiger partial charge in [0.2, 0.25) is 0 Å². The molecule has 5 heterocycles. The molecule has 5 rings (SSSR count). The average Bonchev–Trinajstić information content (AvgIpc) is 3.48. The third kappa shape index (κ3) is 4.07. The molecule has 1 fully saturated rings. The second-order valence-corrected chi connectivity index (χ2v) is 8.85. The third-order valence-corrected chi connectivity index (χ3v) is 6.34. The van der Waals surface area contributed by atoms with E-state index in [9.17, 15) is 0 Å². The highest BCUT2D eigenvalue weighted by Gasteiger charge is 2.18. The lowest BCUT2D eigenvalue weighted by molar-refractivity contribution is 0.578. The predicted octanol–water partition coefficient (Wildman–Crippen LogP) is 3.09. The molecule has 0 amide bonds. The highest BCUT2D eigenvalue weighted by atomic mass is 15.2. The van der Waals surface area contributed by atoms with Crippen LogP contribution in [0.3, 0.4) is 0 Å². The monoisotopic (exact) mass is 454 g/mol. The van der Waals surface area contributed by atoms with Gasteiger partial charge in [-0.1, -0.05) is 12.7 Å². The summed E-state index contributed by atoms with van der Waals surface area (Å²) in [5.74, 6) is 0.690. The molecule has 34 heavy (non-hydrogen) atoms. The summed E-state index contributed by atoms with van der Waals surface area (Å²) in [5.41, 5.74) is 6.39. The smallest absolute Gasteiger partial charge is 0.180 e. The SMILES string of the molecule is C=C(/C=c1/c(-c2nc3nccc(N4CCCCC4)c3[nH]2)n[nH]/c1=C/C)c1cncc(N(C)C)c1. The van der Waals surface area contributed by atoms with Crippen molar-refractivity contribution in [2.24, 2.45) is 0 Å². The number of imidazole rings is 1. The summed E-state index contributed by atoms with van der Waals surface area (Å²) in [4.78, 5) is 21.7. The minimum atomic E-state index is 0.690. The number of rotatable bonds is 5. The van der Waals surface area contributed by atoms with Gasteiger partial charge in [0.25, 0.3) is 0 Å². The second-order valence-electron chi connectivity index (χ2n) is 8.85. The van der Waals surface area contributed by atoms with Crippen LogP contribution in [0.25, 0.3) is 40.4 Å². The van der Waals surface area contributed by atoms with Crippen LogP contribution in [0.5, 0.6) is 0 Å². The zero-order valence-electron chi connectivity index (χ0n) is 20.0. The Balaban J connectivity index is 1.59. The Kier molecular flexibility index (Phi) is 5.88. The summed E-state index contributed by atoms with van der Waals surface area (Å²) in [6.07, 6.45) is 13.3. The van der Waals surface area contributed by atoms with Crippen LogP contribution in [0.1, 0.15) is 31.7 Å². The highest BCUT2D eigenvalue weighted by molar-refractivity contribution is 5.90. The molecule has 4 aromatic heterocycles. The third-order valence-electron chi connectivity index (χ3n) is 6.34. The normalized spacial score (nSPS) is 15.3. The Morgan fingerprint density at radius 3 is 2.76 bits per heavy atom. The molecule has 8 nitrogen and oxygen atoms in total. The van der Waals surface area contributed by atoms with Crippen LogP contribution < -0.4 is 20.4 Å². The number of aromatic amines is 2. The average molecular weight is 455 g/mol. The first-order chi connectivity index (χ1) is 16.5. The van der Waals surface area contributed by atoms with E-state index in [1.54, 1.807) is 0 Å². The van der Waals surface area contributed by atoms with Gasteiger partial charge in [0.05, 0.1) is 22.9 Å². The Bertz CT molecular complexity index is 1450. The fraction of sp³-hybridized carbons (Fsp3) is 0.308. The van der Waals surface area contributed by atoms with Crippen molar-refractivity contribution >= 4 is 40.3 Å². The lowest BCUT2D eigenvalue weighted by atomic mass is 10.1. The van der Waals surface area contributed by atoms with Gasteiger partial charge in [-0.2, -0.15) is 5.10 Å². The van der Waals surface area contributed by atoms with Crippen molar-refractivity contribution in [1.82, 2.24) is 30.1 Å². The summed E-state index contributed by atoms with van der Waals surface area (Å²) in [7, 11) is 4.00. The molecule has 0 spiro atoms. The summed E-state index contributed by atoms with van der Waals surface area (Å²) in [6, 6.07) is 4.15. The first-order valence-electron chi connectivity index (χ1n) is 11.7. The Hall–Kier alpha value is -3.94. The molecule has 1 saturated heterocycles. The van der Waals surface area contributed by atoms with Gasteiger partial charge in [-0.15, -0.1) is 0 Å². The quantitative estimate of drug-likeness (QED) is 0.482. The molecule has 174 valence electrons. The molecule has 0 bridgehead atoms. The first-order valence-corrected chi connectivity index (χ1v) is 11.7. The molecular formula is C26H30N8. The van der Waals surface area contributed by atoms with Gasteiger partial charge >= 0.3 is 0 Å². The Morgan fingerprint density at radius 2 is 2.00 bits per heavy atom. The highest BCUT2D eigenvalue weighted by Crippen LogP contribution is 2.28. The lowest BCUT2D eigenvalue weighted by Gasteiger charge is -2.28. The number of hydrogen-bond acceptors (Lipinski definition) is 6. The van der Waals surface area contributed by atoms with Gasteiger partial charge in [0.1, 0.15) is 11.2 Å². The predicted molar refractivity (Wildman–Crippen MR) is 139 cm³/mol. The van der Waals surface area contributed by atoms with E-state index in [0.717, 1.165) is 57.4 Å². The van der Waals surface area contributed by atoms with Crippen molar-refractivity contribution in [2.75, 3.05) is 37.0 Å². The van der Waals surface area contributed by atoms with Crippen molar-refractivity contribution < 1.29 is 0 Å². The van der Waals surface area contributed by atoms with Crippen LogP contribution >= 0.6 is 0 Å². The molecule has 0 atom stereocenters. The molecule has 0 radical (unpaired) electrons. The van der Waals surface area contributed by atoms with Gasteiger partial charge in [-0.3, -0.25) is 10.1 Å². The fourth-order valence-corrected chi connectivity index (χ4v) is 4.42. The number of allylic oxidation sites excluding steroid dienone is 1. The van der Waals surface area contributed by atoms with Gasteiger partial charge in [-0.05, 0) is 50.0 Å². The first kappa shape index (κ1) is 21.9. The van der Waals surface area contributed by atoms with Crippen molar-refractivity contribution in [3.63, 3.8) is 0 Å². The standard InChI is InChI=1S/C26H30N8/c1-5-21-20(13-17(2)18-14-19(33(3)4)16-27-15-18)23(32-31-21)26-29-24-22(9-10-28-25(24)30-26)34-11-7-6-8-12-34/h5,9-10,13-16,31H,2,6-8,11-12H2,1,3-4H3,(H,28,29,30)/b20-13+,21-5+. The zero-order chi connectivity index (χ0) is 23.7. The van der Waals surface area contributed by atoms with Gasteiger partial charge < -0.3 is 14.8 Å². The summed E-state index contributed by atoms with van der Waals surface area (Å²) < 4.78 is 0. The van der Waals surface area contributed by atoms with Gasteiger partial charge in [-0.25, -0.2) is 9.97 Å². The molecule has 1 aliphatic heterocycles. The van der Waals surface area contributed by atoms with Crippen LogP contribution in [0, 0.1) is 0 Å². The van der Waals surface area contributed by atoms with Crippen LogP contribution in [-0.4, -0.2) is 57.3 Å². The number of pyridine rings is 2. The van der Waals surface area contributed by atoms with Crippen LogP contribution in [-0.2, 0) is 0 Å². The topological polar surface area (TPSA) is 89.6 Å². The van der Waals surface area contributed by atoms with E-state index >= 15 is 0 Å². The number of nitrogens with zero attached hydrogens (tertiary/aromatic N) is 6. The van der Waals surface area contributed by atoms with Crippen LogP contribution in [0.2, 0.25) is 0 Å². The van der Waals surface area contributed by atoms with E-state index in [2.05, 4.69) is 48.8 Å². The maximum absolute atomic E-state index is 4.81. The number of aromatic nitrogens is 6. The van der Waals surface area contributed by atoms with E-state index in [-0.39, 0.29) is 0 Å². The molecular weight excluding hydrogens is 424 g/mol. The van der Waals surface area contributed by atoms with Gasteiger partial charge in [0.15, 0.2) is 11.5 Å². The number of piperidine rings is 1. The minimum Gasteiger partial charge on any atom is -0.376 e. The summed E-state index contributed by atoms with van der Waals surface area (Å²) in [5, 5.41) is 9.58. The Labute approximate surface area is 198 Å². The molecule has 0 aliphatic carbocycles. The molecule has 8 heteroatoms. The zero-order valence-corrected chi connectivity index (χ0v) is 20.0. The number of H-pyrrole nitrogens is 2. The minimum absolute atomic E-state index is 0.690. The van der Waals surface area contributed by atoms with E-state index in [0.29, 0.717) is 11.5 Å². The largest absolute Gasteiger partial charge is 0.376 e. The van der Waals surface area contributed by atoms with E-state index < -0.39 is 0 Å². The van der Waals surface area contributed by atoms with E-state index in [1.165, 1.54) is 19.3 Å². The molecule has 0 aromatic carbocycles. The van der Waals surface area contributed by atoms with Crippen molar-refractivity contribution in [3.8, 4) is 11.5 Å². The second kappa shape index (κ2) is 9.13. The van der Waals surface area contributed by atoms with E-state index in [1.807, 2.05) is 56.7 Å². The summed E-state index contributed by atoms with van der Waals surface area (Å²) in [6.45, 7) is 8.41. The lowest BCUT2D eigenvalue weighted by Crippen LogP contribution is -2.29.